The number of hydrogen-bond acceptors (Lipinski definition) is 5. The second kappa shape index (κ2) is 8.61. The van der Waals surface area contributed by atoms with Gasteiger partial charge < -0.3 is 14.3 Å². The van der Waals surface area contributed by atoms with Gasteiger partial charge in [-0.3, -0.25) is 9.69 Å². The van der Waals surface area contributed by atoms with Crippen molar-refractivity contribution >= 4 is 5.91 Å². The summed E-state index contributed by atoms with van der Waals surface area (Å²) >= 11 is 0. The highest BCUT2D eigenvalue weighted by Crippen LogP contribution is 2.16. The van der Waals surface area contributed by atoms with Crippen LogP contribution in [0.2, 0.25) is 0 Å². The molecule has 1 aliphatic heterocycles. The van der Waals surface area contributed by atoms with Gasteiger partial charge in [0, 0.05) is 45.6 Å². The summed E-state index contributed by atoms with van der Waals surface area (Å²) in [6.45, 7) is 8.58. The molecule has 29 heavy (non-hydrogen) atoms. The largest absolute Gasteiger partial charge is 0.459 e. The van der Waals surface area contributed by atoms with Gasteiger partial charge in [-0.1, -0.05) is 23.8 Å². The first-order chi connectivity index (χ1) is 14.1. The van der Waals surface area contributed by atoms with Crippen molar-refractivity contribution in [1.29, 1.82) is 0 Å². The third-order valence-electron chi connectivity index (χ3n) is 5.47. The molecule has 1 aliphatic rings. The molecule has 2 aromatic heterocycles. The van der Waals surface area contributed by atoms with Gasteiger partial charge >= 0.3 is 0 Å². The van der Waals surface area contributed by atoms with E-state index in [2.05, 4.69) is 57.0 Å². The molecule has 0 saturated heterocycles. The normalized spacial score (nSPS) is 14.4. The molecule has 0 radical (unpaired) electrons. The molecule has 0 aliphatic carbocycles. The number of nitrogens with one attached hydrogen (secondary N) is 1. The number of benzene rings is 1. The Kier molecular flexibility index (Phi) is 5.76. The molecule has 1 N–H and O–H groups in total. The van der Waals surface area contributed by atoms with Crippen molar-refractivity contribution < 1.29 is 9.21 Å². The monoisotopic (exact) mass is 393 g/mol. The molecule has 0 spiro atoms. The summed E-state index contributed by atoms with van der Waals surface area (Å²) in [5.41, 5.74) is 4.04. The summed E-state index contributed by atoms with van der Waals surface area (Å²) in [6.07, 6.45) is 3.03. The Morgan fingerprint density at radius 3 is 2.86 bits per heavy atom. The highest BCUT2D eigenvalue weighted by molar-refractivity contribution is 5.91. The number of hydrogen-bond donors (Lipinski definition) is 1. The molecule has 1 amide bonds. The Morgan fingerprint density at radius 2 is 2.07 bits per heavy atom. The summed E-state index contributed by atoms with van der Waals surface area (Å²) in [4.78, 5) is 14.5. The van der Waals surface area contributed by atoms with Gasteiger partial charge in [-0.2, -0.15) is 0 Å². The zero-order chi connectivity index (χ0) is 20.2. The van der Waals surface area contributed by atoms with Gasteiger partial charge in [-0.05, 0) is 37.1 Å². The first kappa shape index (κ1) is 19.4. The molecular weight excluding hydrogens is 366 g/mol. The van der Waals surface area contributed by atoms with Crippen LogP contribution in [0.3, 0.4) is 0 Å². The Labute approximate surface area is 170 Å². The van der Waals surface area contributed by atoms with Crippen LogP contribution in [0.15, 0.2) is 41.0 Å². The van der Waals surface area contributed by atoms with Crippen molar-refractivity contribution in [3.05, 3.63) is 70.7 Å². The first-order valence-electron chi connectivity index (χ1n) is 10.1. The second-order valence-electron chi connectivity index (χ2n) is 7.62. The van der Waals surface area contributed by atoms with Gasteiger partial charge in [0.25, 0.3) is 5.91 Å². The minimum atomic E-state index is -0.203. The fraction of sp³-hybridized carbons (Fsp3) is 0.409. The van der Waals surface area contributed by atoms with Crippen molar-refractivity contribution in [2.45, 2.75) is 39.8 Å². The third-order valence-corrected chi connectivity index (χ3v) is 5.47. The van der Waals surface area contributed by atoms with E-state index in [-0.39, 0.29) is 5.91 Å². The average molecular weight is 393 g/mol. The molecule has 0 unspecified atom stereocenters. The zero-order valence-electron chi connectivity index (χ0n) is 17.0. The van der Waals surface area contributed by atoms with E-state index in [4.69, 9.17) is 4.42 Å². The number of amides is 1. The van der Waals surface area contributed by atoms with Crippen LogP contribution in [0.1, 0.15) is 38.9 Å². The fourth-order valence-electron chi connectivity index (χ4n) is 3.82. The van der Waals surface area contributed by atoms with Crippen LogP contribution in [0.25, 0.3) is 0 Å². The number of carbonyl (C=O) groups is 1. The lowest BCUT2D eigenvalue weighted by molar-refractivity contribution is 0.0926. The molecule has 4 rings (SSSR count). The van der Waals surface area contributed by atoms with Gasteiger partial charge in [-0.25, -0.2) is 0 Å². The van der Waals surface area contributed by atoms with Gasteiger partial charge in [0.1, 0.15) is 11.6 Å². The van der Waals surface area contributed by atoms with Crippen molar-refractivity contribution in [3.63, 3.8) is 0 Å². The van der Waals surface area contributed by atoms with E-state index in [0.717, 1.165) is 44.2 Å². The van der Waals surface area contributed by atoms with Crippen molar-refractivity contribution in [3.8, 4) is 0 Å². The van der Waals surface area contributed by atoms with E-state index < -0.39 is 0 Å². The summed E-state index contributed by atoms with van der Waals surface area (Å²) in [5, 5.41) is 11.6. The number of carbonyl (C=O) groups excluding carboxylic acids is 1. The van der Waals surface area contributed by atoms with Crippen molar-refractivity contribution in [2.24, 2.45) is 0 Å². The Hall–Kier alpha value is -2.93. The van der Waals surface area contributed by atoms with Gasteiger partial charge in [0.05, 0.1) is 6.26 Å². The summed E-state index contributed by atoms with van der Waals surface area (Å²) in [6, 6.07) is 10.0. The predicted octanol–water partition coefficient (Wildman–Crippen LogP) is 2.52. The third kappa shape index (κ3) is 4.56. The zero-order valence-corrected chi connectivity index (χ0v) is 17.0. The Balaban J connectivity index is 1.33. The highest BCUT2D eigenvalue weighted by atomic mass is 16.3. The molecule has 0 atom stereocenters. The number of rotatable bonds is 6. The van der Waals surface area contributed by atoms with E-state index in [1.54, 1.807) is 12.1 Å². The minimum Gasteiger partial charge on any atom is -0.459 e. The molecule has 0 fully saturated rings. The van der Waals surface area contributed by atoms with Crippen LogP contribution in [0.4, 0.5) is 0 Å². The Morgan fingerprint density at radius 1 is 1.17 bits per heavy atom. The maximum absolute atomic E-state index is 12.0. The number of aryl methyl sites for hydroxylation is 2. The molecule has 152 valence electrons. The molecule has 3 heterocycles. The van der Waals surface area contributed by atoms with E-state index in [1.165, 1.54) is 23.0 Å². The van der Waals surface area contributed by atoms with Crippen molar-refractivity contribution in [2.75, 3.05) is 19.6 Å². The van der Waals surface area contributed by atoms with E-state index in [9.17, 15) is 4.79 Å². The van der Waals surface area contributed by atoms with Crippen LogP contribution >= 0.6 is 0 Å². The van der Waals surface area contributed by atoms with Crippen LogP contribution in [-0.2, 0) is 25.9 Å². The summed E-state index contributed by atoms with van der Waals surface area (Å²) in [5.74, 6) is 2.07. The number of fused-ring (bicyclic) bond motifs is 1. The lowest BCUT2D eigenvalue weighted by Gasteiger charge is -2.21. The van der Waals surface area contributed by atoms with Gasteiger partial charge in [0.15, 0.2) is 5.76 Å². The summed E-state index contributed by atoms with van der Waals surface area (Å²) in [7, 11) is 0. The maximum Gasteiger partial charge on any atom is 0.286 e. The van der Waals surface area contributed by atoms with Crippen LogP contribution in [0.5, 0.6) is 0 Å². The fourth-order valence-corrected chi connectivity index (χ4v) is 3.82. The van der Waals surface area contributed by atoms with Crippen LogP contribution in [-0.4, -0.2) is 45.2 Å². The number of aromatic nitrogens is 3. The average Bonchev–Trinajstić information content (AvgIpc) is 3.32. The minimum absolute atomic E-state index is 0.203. The van der Waals surface area contributed by atoms with Gasteiger partial charge in [0.2, 0.25) is 0 Å². The lowest BCUT2D eigenvalue weighted by Crippen LogP contribution is -2.28. The van der Waals surface area contributed by atoms with E-state index in [0.29, 0.717) is 18.7 Å². The molecule has 7 nitrogen and oxygen atoms in total. The molecule has 0 saturated carbocycles. The van der Waals surface area contributed by atoms with E-state index in [1.807, 2.05) is 0 Å². The first-order valence-corrected chi connectivity index (χ1v) is 10.1. The molecule has 0 bridgehead atoms. The number of nitrogens with zero attached hydrogens (tertiary/aromatic N) is 4. The molecular formula is C22H27N5O2. The van der Waals surface area contributed by atoms with Gasteiger partial charge in [-0.15, -0.1) is 10.2 Å². The molecule has 7 heteroatoms. The quantitative estimate of drug-likeness (QED) is 0.696. The Bertz CT molecular complexity index is 977. The highest BCUT2D eigenvalue weighted by Gasteiger charge is 2.19. The lowest BCUT2D eigenvalue weighted by atomic mass is 10.1. The molecule has 3 aromatic rings. The second-order valence-corrected chi connectivity index (χ2v) is 7.62. The van der Waals surface area contributed by atoms with E-state index >= 15 is 0 Å². The maximum atomic E-state index is 12.0. The van der Waals surface area contributed by atoms with Crippen molar-refractivity contribution in [1.82, 2.24) is 25.0 Å². The topological polar surface area (TPSA) is 76.2 Å². The van der Waals surface area contributed by atoms with Crippen LogP contribution in [0, 0.1) is 13.8 Å². The molecule has 1 aromatic carbocycles. The number of furan rings is 1. The predicted molar refractivity (Wildman–Crippen MR) is 110 cm³/mol. The smallest absolute Gasteiger partial charge is 0.286 e. The standard InChI is InChI=1S/C22H27N5O2/c1-16-5-6-18(17(2)14-16)15-26-10-8-21-25-24-20(27(21)12-11-26)7-9-23-22(28)19-4-3-13-29-19/h3-6,13-14H,7-12,15H2,1-2H3,(H,23,28). The van der Waals surface area contributed by atoms with Crippen LogP contribution < -0.4 is 5.32 Å². The SMILES string of the molecule is Cc1ccc(CN2CCc3nnc(CCNC(=O)c4ccco4)n3CC2)c(C)c1. The summed E-state index contributed by atoms with van der Waals surface area (Å²) < 4.78 is 7.32.